The number of amides is 2. The van der Waals surface area contributed by atoms with Crippen LogP contribution in [0.1, 0.15) is 34.7 Å². The number of anilines is 1. The number of carbonyl (C=O) groups is 2. The van der Waals surface area contributed by atoms with Gasteiger partial charge in [0.25, 0.3) is 0 Å². The van der Waals surface area contributed by atoms with E-state index in [2.05, 4.69) is 15.4 Å². The summed E-state index contributed by atoms with van der Waals surface area (Å²) in [5.74, 6) is -0.762. The topological polar surface area (TPSA) is 99.8 Å². The summed E-state index contributed by atoms with van der Waals surface area (Å²) in [4.78, 5) is 29.8. The number of likely N-dealkylation sites (tertiary alicyclic amines) is 1. The second-order valence-electron chi connectivity index (χ2n) is 6.56. The summed E-state index contributed by atoms with van der Waals surface area (Å²) in [7, 11) is 0. The van der Waals surface area contributed by atoms with Gasteiger partial charge in [-0.15, -0.1) is 0 Å². The van der Waals surface area contributed by atoms with Gasteiger partial charge in [-0.3, -0.25) is 0 Å². The van der Waals surface area contributed by atoms with Gasteiger partial charge >= 0.3 is 12.0 Å². The van der Waals surface area contributed by atoms with Crippen molar-refractivity contribution in [2.75, 3.05) is 18.4 Å². The highest BCUT2D eigenvalue weighted by atomic mass is 16.4. The number of piperidine rings is 1. The molecule has 1 fully saturated rings. The normalized spacial score (nSPS) is 15.0. The van der Waals surface area contributed by atoms with Crippen molar-refractivity contribution in [1.29, 1.82) is 0 Å². The van der Waals surface area contributed by atoms with Crippen molar-refractivity contribution in [1.82, 2.24) is 19.5 Å². The van der Waals surface area contributed by atoms with Gasteiger partial charge in [0.1, 0.15) is 6.33 Å². The Morgan fingerprint density at radius 2 is 1.89 bits per heavy atom. The van der Waals surface area contributed by atoms with Crippen LogP contribution in [0, 0.1) is 0 Å². The van der Waals surface area contributed by atoms with Crippen molar-refractivity contribution >= 4 is 23.3 Å². The van der Waals surface area contributed by atoms with Crippen LogP contribution in [0.3, 0.4) is 0 Å². The molecular weight excluding hydrogens is 346 g/mol. The Kier molecular flexibility index (Phi) is 4.45. The standard InChI is InChI=1S/C19H19N5O3/c25-18(26)16-4-2-1-3-15(16)13-7-9-23(10-8-13)19(27)22-14-5-6-17-20-12-21-24(17)11-14/h1-6,11-13H,7-10H2,(H,22,27)(H,25,26). The van der Waals surface area contributed by atoms with E-state index in [1.165, 1.54) is 6.33 Å². The molecule has 0 saturated carbocycles. The first kappa shape index (κ1) is 17.0. The van der Waals surface area contributed by atoms with Crippen LogP contribution in [0.4, 0.5) is 10.5 Å². The molecule has 1 aliphatic rings. The number of benzene rings is 1. The third-order valence-electron chi connectivity index (χ3n) is 4.94. The van der Waals surface area contributed by atoms with E-state index in [-0.39, 0.29) is 11.9 Å². The Balaban J connectivity index is 1.40. The van der Waals surface area contributed by atoms with Crippen molar-refractivity contribution in [2.24, 2.45) is 0 Å². The lowest BCUT2D eigenvalue weighted by molar-refractivity contribution is 0.0694. The van der Waals surface area contributed by atoms with Crippen LogP contribution in [0.5, 0.6) is 0 Å². The second kappa shape index (κ2) is 7.06. The third kappa shape index (κ3) is 3.46. The molecule has 2 amide bonds. The molecule has 4 rings (SSSR count). The zero-order chi connectivity index (χ0) is 18.8. The minimum Gasteiger partial charge on any atom is -0.478 e. The molecule has 0 spiro atoms. The molecule has 1 aliphatic heterocycles. The maximum absolute atomic E-state index is 12.5. The van der Waals surface area contributed by atoms with E-state index in [1.54, 1.807) is 39.9 Å². The van der Waals surface area contributed by atoms with E-state index in [1.807, 2.05) is 12.1 Å². The average molecular weight is 365 g/mol. The van der Waals surface area contributed by atoms with Gasteiger partial charge in [-0.2, -0.15) is 5.10 Å². The molecule has 8 heteroatoms. The van der Waals surface area contributed by atoms with Crippen molar-refractivity contribution in [3.63, 3.8) is 0 Å². The number of hydrogen-bond acceptors (Lipinski definition) is 4. The smallest absolute Gasteiger partial charge is 0.335 e. The monoisotopic (exact) mass is 365 g/mol. The molecule has 27 heavy (non-hydrogen) atoms. The first-order valence-electron chi connectivity index (χ1n) is 8.79. The van der Waals surface area contributed by atoms with Gasteiger partial charge in [-0.25, -0.2) is 19.1 Å². The fourth-order valence-electron chi connectivity index (χ4n) is 3.53. The van der Waals surface area contributed by atoms with E-state index in [9.17, 15) is 14.7 Å². The zero-order valence-electron chi connectivity index (χ0n) is 14.6. The van der Waals surface area contributed by atoms with E-state index in [0.717, 1.165) is 18.4 Å². The van der Waals surface area contributed by atoms with Crippen LogP contribution in [0.25, 0.3) is 5.65 Å². The molecule has 3 heterocycles. The molecule has 0 bridgehead atoms. The van der Waals surface area contributed by atoms with Gasteiger partial charge in [-0.1, -0.05) is 18.2 Å². The van der Waals surface area contributed by atoms with E-state index in [4.69, 9.17) is 0 Å². The number of rotatable bonds is 3. The highest BCUT2D eigenvalue weighted by Crippen LogP contribution is 2.30. The zero-order valence-corrected chi connectivity index (χ0v) is 14.6. The number of nitrogens with zero attached hydrogens (tertiary/aromatic N) is 4. The second-order valence-corrected chi connectivity index (χ2v) is 6.56. The van der Waals surface area contributed by atoms with E-state index in [0.29, 0.717) is 30.0 Å². The summed E-state index contributed by atoms with van der Waals surface area (Å²) in [6.45, 7) is 1.16. The third-order valence-corrected chi connectivity index (χ3v) is 4.94. The Hall–Kier alpha value is -3.42. The van der Waals surface area contributed by atoms with Crippen LogP contribution in [0.15, 0.2) is 48.9 Å². The number of carboxylic acids is 1. The van der Waals surface area contributed by atoms with Crippen molar-refractivity contribution < 1.29 is 14.7 Å². The van der Waals surface area contributed by atoms with Crippen molar-refractivity contribution in [2.45, 2.75) is 18.8 Å². The molecule has 8 nitrogen and oxygen atoms in total. The molecule has 138 valence electrons. The van der Waals surface area contributed by atoms with Crippen molar-refractivity contribution in [3.05, 3.63) is 60.0 Å². The largest absolute Gasteiger partial charge is 0.478 e. The van der Waals surface area contributed by atoms with Crippen LogP contribution < -0.4 is 5.32 Å². The predicted octanol–water partition coefficient (Wildman–Crippen LogP) is 2.84. The summed E-state index contributed by atoms with van der Waals surface area (Å²) in [6, 6.07) is 10.5. The number of aromatic nitrogens is 3. The van der Waals surface area contributed by atoms with Gasteiger partial charge in [0.2, 0.25) is 0 Å². The van der Waals surface area contributed by atoms with Gasteiger partial charge in [0, 0.05) is 13.1 Å². The summed E-state index contributed by atoms with van der Waals surface area (Å²) in [5, 5.41) is 16.3. The van der Waals surface area contributed by atoms with Crippen molar-refractivity contribution in [3.8, 4) is 0 Å². The quantitative estimate of drug-likeness (QED) is 0.743. The van der Waals surface area contributed by atoms with Gasteiger partial charge in [0.05, 0.1) is 17.4 Å². The molecule has 0 atom stereocenters. The molecular formula is C19H19N5O3. The lowest BCUT2D eigenvalue weighted by atomic mass is 9.86. The number of pyridine rings is 1. The Morgan fingerprint density at radius 3 is 2.67 bits per heavy atom. The first-order valence-corrected chi connectivity index (χ1v) is 8.79. The summed E-state index contributed by atoms with van der Waals surface area (Å²) in [6.07, 6.45) is 4.65. The molecule has 2 aromatic heterocycles. The van der Waals surface area contributed by atoms with E-state index < -0.39 is 5.97 Å². The molecule has 0 aliphatic carbocycles. The number of carboxylic acid groups (broad SMARTS) is 1. The maximum atomic E-state index is 12.5. The molecule has 3 aromatic rings. The lowest BCUT2D eigenvalue weighted by Crippen LogP contribution is -2.40. The fraction of sp³-hybridized carbons (Fsp3) is 0.263. The van der Waals surface area contributed by atoms with Crippen LogP contribution in [-0.2, 0) is 0 Å². The van der Waals surface area contributed by atoms with Gasteiger partial charge in [0.15, 0.2) is 5.65 Å². The highest BCUT2D eigenvalue weighted by Gasteiger charge is 2.26. The average Bonchev–Trinajstić information content (AvgIpc) is 3.16. The molecule has 0 unspecified atom stereocenters. The first-order chi connectivity index (χ1) is 13.1. The SMILES string of the molecule is O=C(O)c1ccccc1C1CCN(C(=O)Nc2ccc3ncnn3c2)CC1. The Morgan fingerprint density at radius 1 is 1.11 bits per heavy atom. The summed E-state index contributed by atoms with van der Waals surface area (Å²) in [5.41, 5.74) is 2.56. The minimum atomic E-state index is -0.908. The number of fused-ring (bicyclic) bond motifs is 1. The number of aromatic carboxylic acids is 1. The van der Waals surface area contributed by atoms with Gasteiger partial charge < -0.3 is 15.3 Å². The maximum Gasteiger partial charge on any atom is 0.335 e. The summed E-state index contributed by atoms with van der Waals surface area (Å²) < 4.78 is 1.60. The summed E-state index contributed by atoms with van der Waals surface area (Å²) >= 11 is 0. The number of hydrogen-bond donors (Lipinski definition) is 2. The van der Waals surface area contributed by atoms with Crippen LogP contribution in [-0.4, -0.2) is 49.7 Å². The van der Waals surface area contributed by atoms with Crippen LogP contribution >= 0.6 is 0 Å². The molecule has 2 N–H and O–H groups in total. The van der Waals surface area contributed by atoms with Gasteiger partial charge in [-0.05, 0) is 42.5 Å². The Labute approximate surface area is 155 Å². The lowest BCUT2D eigenvalue weighted by Gasteiger charge is -2.32. The highest BCUT2D eigenvalue weighted by molar-refractivity contribution is 5.90. The fourth-order valence-corrected chi connectivity index (χ4v) is 3.53. The number of carbonyl (C=O) groups excluding carboxylic acids is 1. The Bertz CT molecular complexity index is 992. The predicted molar refractivity (Wildman–Crippen MR) is 99.0 cm³/mol. The molecule has 1 aromatic carbocycles. The van der Waals surface area contributed by atoms with E-state index >= 15 is 0 Å². The number of nitrogens with one attached hydrogen (secondary N) is 1. The van der Waals surface area contributed by atoms with Crippen LogP contribution in [0.2, 0.25) is 0 Å². The molecule has 1 saturated heterocycles. The minimum absolute atomic E-state index is 0.146. The number of urea groups is 1. The molecule has 0 radical (unpaired) electrons.